The molecule has 3 N–H and O–H groups in total. The van der Waals surface area contributed by atoms with Gasteiger partial charge in [0.15, 0.2) is 6.10 Å². The fraction of sp³-hybridized carbons (Fsp3) is 0.923. The Morgan fingerprint density at radius 3 is 2.22 bits per heavy atom. The summed E-state index contributed by atoms with van der Waals surface area (Å²) >= 11 is 0. The van der Waals surface area contributed by atoms with Gasteiger partial charge in [-0.3, -0.25) is 4.79 Å². The maximum atomic E-state index is 11.4. The Bertz CT molecular complexity index is 208. The van der Waals surface area contributed by atoms with Crippen LogP contribution in [-0.2, 0) is 9.53 Å². The molecule has 0 saturated carbocycles. The zero-order valence-corrected chi connectivity index (χ0v) is 11.2. The van der Waals surface area contributed by atoms with Crippen LogP contribution in [0.5, 0.6) is 0 Å². The molecule has 0 aliphatic carbocycles. The third kappa shape index (κ3) is 8.44. The van der Waals surface area contributed by atoms with Crippen molar-refractivity contribution in [1.82, 2.24) is 0 Å². The van der Waals surface area contributed by atoms with E-state index in [1.165, 1.54) is 19.3 Å². The molecule has 5 nitrogen and oxygen atoms in total. The van der Waals surface area contributed by atoms with Gasteiger partial charge in [-0.2, -0.15) is 0 Å². The molecular weight excluding hydrogens is 236 g/mol. The van der Waals surface area contributed by atoms with E-state index in [9.17, 15) is 9.90 Å². The highest BCUT2D eigenvalue weighted by molar-refractivity contribution is 5.69. The van der Waals surface area contributed by atoms with Gasteiger partial charge in [0.2, 0.25) is 0 Å². The van der Waals surface area contributed by atoms with Crippen molar-refractivity contribution in [1.29, 1.82) is 0 Å². The third-order valence-electron chi connectivity index (χ3n) is 2.81. The van der Waals surface area contributed by atoms with Crippen LogP contribution in [0.4, 0.5) is 0 Å². The number of ether oxygens (including phenoxy) is 1. The van der Waals surface area contributed by atoms with Crippen molar-refractivity contribution in [3.8, 4) is 0 Å². The van der Waals surface area contributed by atoms with Crippen LogP contribution in [0, 0.1) is 0 Å². The first-order valence-corrected chi connectivity index (χ1v) is 6.75. The number of esters is 1. The zero-order chi connectivity index (χ0) is 13.8. The molecule has 0 rings (SSSR count). The number of aliphatic hydroxyl groups excluding tert-OH is 3. The van der Waals surface area contributed by atoms with Crippen molar-refractivity contribution in [3.05, 3.63) is 0 Å². The van der Waals surface area contributed by atoms with Gasteiger partial charge < -0.3 is 20.1 Å². The van der Waals surface area contributed by atoms with Crippen LogP contribution < -0.4 is 0 Å². The van der Waals surface area contributed by atoms with Crippen molar-refractivity contribution in [3.63, 3.8) is 0 Å². The number of carbonyl (C=O) groups excluding carboxylic acids is 1. The molecule has 0 unspecified atom stereocenters. The quantitative estimate of drug-likeness (QED) is 0.382. The molecule has 0 aliphatic rings. The van der Waals surface area contributed by atoms with Crippen LogP contribution in [0.25, 0.3) is 0 Å². The molecule has 0 aliphatic heterocycles. The molecule has 0 aromatic rings. The van der Waals surface area contributed by atoms with Gasteiger partial charge in [0.05, 0.1) is 13.2 Å². The van der Waals surface area contributed by atoms with Gasteiger partial charge in [0.1, 0.15) is 6.10 Å². The largest absolute Gasteiger partial charge is 0.457 e. The lowest BCUT2D eigenvalue weighted by molar-refractivity contribution is -0.160. The van der Waals surface area contributed by atoms with Crippen LogP contribution >= 0.6 is 0 Å². The highest BCUT2D eigenvalue weighted by Gasteiger charge is 2.21. The van der Waals surface area contributed by atoms with E-state index in [-0.39, 0.29) is 0 Å². The van der Waals surface area contributed by atoms with Crippen molar-refractivity contribution >= 4 is 5.97 Å². The molecule has 0 spiro atoms. The average molecular weight is 262 g/mol. The summed E-state index contributed by atoms with van der Waals surface area (Å²) in [5.74, 6) is -0.433. The number of unbranched alkanes of at least 4 members (excludes halogenated alkanes) is 5. The summed E-state index contributed by atoms with van der Waals surface area (Å²) in [6.45, 7) is 1.14. The van der Waals surface area contributed by atoms with Gasteiger partial charge >= 0.3 is 5.97 Å². The Labute approximate surface area is 109 Å². The molecule has 0 aromatic carbocycles. The minimum Gasteiger partial charge on any atom is -0.457 e. The standard InChI is InChI=1S/C13H26O5/c1-2-3-4-5-6-7-8-13(17)18-12(10-15)11(16)9-14/h11-12,14-16H,2-10H2,1H3/t11-,12+/m0/s1. The third-order valence-corrected chi connectivity index (χ3v) is 2.81. The van der Waals surface area contributed by atoms with Gasteiger partial charge in [0, 0.05) is 6.42 Å². The van der Waals surface area contributed by atoms with Crippen LogP contribution in [0.3, 0.4) is 0 Å². The monoisotopic (exact) mass is 262 g/mol. The lowest BCUT2D eigenvalue weighted by Crippen LogP contribution is -2.36. The van der Waals surface area contributed by atoms with E-state index >= 15 is 0 Å². The molecule has 0 fully saturated rings. The normalized spacial score (nSPS) is 14.2. The molecule has 0 aromatic heterocycles. The summed E-state index contributed by atoms with van der Waals surface area (Å²) in [5.41, 5.74) is 0. The van der Waals surface area contributed by atoms with Crippen molar-refractivity contribution in [2.75, 3.05) is 13.2 Å². The van der Waals surface area contributed by atoms with Gasteiger partial charge in [-0.1, -0.05) is 39.0 Å². The molecule has 108 valence electrons. The maximum Gasteiger partial charge on any atom is 0.306 e. The fourth-order valence-electron chi connectivity index (χ4n) is 1.63. The van der Waals surface area contributed by atoms with Crippen molar-refractivity contribution in [2.24, 2.45) is 0 Å². The number of hydrogen-bond acceptors (Lipinski definition) is 5. The molecule has 0 radical (unpaired) electrons. The summed E-state index contributed by atoms with van der Waals surface area (Å²) in [7, 11) is 0. The minimum atomic E-state index is -1.22. The van der Waals surface area contributed by atoms with E-state index in [1.807, 2.05) is 0 Å². The Balaban J connectivity index is 3.63. The highest BCUT2D eigenvalue weighted by Crippen LogP contribution is 2.09. The van der Waals surface area contributed by atoms with E-state index in [1.54, 1.807) is 0 Å². The molecule has 0 amide bonds. The molecule has 18 heavy (non-hydrogen) atoms. The Morgan fingerprint density at radius 1 is 1.06 bits per heavy atom. The van der Waals surface area contributed by atoms with E-state index in [0.717, 1.165) is 19.3 Å². The van der Waals surface area contributed by atoms with E-state index < -0.39 is 31.4 Å². The molecule has 0 heterocycles. The minimum absolute atomic E-state index is 0.292. The predicted octanol–water partition coefficient (Wildman–Crippen LogP) is 0.994. The topological polar surface area (TPSA) is 87.0 Å². The molecule has 0 bridgehead atoms. The molecule has 2 atom stereocenters. The number of hydrogen-bond donors (Lipinski definition) is 3. The second-order valence-corrected chi connectivity index (χ2v) is 4.48. The van der Waals surface area contributed by atoms with Gasteiger partial charge in [-0.05, 0) is 6.42 Å². The summed E-state index contributed by atoms with van der Waals surface area (Å²) in [4.78, 5) is 11.4. The lowest BCUT2D eigenvalue weighted by Gasteiger charge is -2.19. The second kappa shape index (κ2) is 11.4. The van der Waals surface area contributed by atoms with Gasteiger partial charge in [-0.15, -0.1) is 0 Å². The second-order valence-electron chi connectivity index (χ2n) is 4.48. The van der Waals surface area contributed by atoms with Crippen LogP contribution in [0.15, 0.2) is 0 Å². The molecule has 0 saturated heterocycles. The maximum absolute atomic E-state index is 11.4. The first-order valence-electron chi connectivity index (χ1n) is 6.75. The summed E-state index contributed by atoms with van der Waals surface area (Å²) < 4.78 is 4.88. The van der Waals surface area contributed by atoms with E-state index in [0.29, 0.717) is 6.42 Å². The summed E-state index contributed by atoms with van der Waals surface area (Å²) in [6, 6.07) is 0. The van der Waals surface area contributed by atoms with Crippen LogP contribution in [-0.4, -0.2) is 46.7 Å². The first-order chi connectivity index (χ1) is 8.65. The predicted molar refractivity (Wildman–Crippen MR) is 68.1 cm³/mol. The summed E-state index contributed by atoms with van der Waals surface area (Å²) in [5, 5.41) is 26.8. The Hall–Kier alpha value is -0.650. The molecular formula is C13H26O5. The fourth-order valence-corrected chi connectivity index (χ4v) is 1.63. The highest BCUT2D eigenvalue weighted by atomic mass is 16.6. The Morgan fingerprint density at radius 2 is 1.67 bits per heavy atom. The SMILES string of the molecule is CCCCCCCCC(=O)O[C@H](CO)[C@@H](O)CO. The summed E-state index contributed by atoms with van der Waals surface area (Å²) in [6.07, 6.45) is 4.51. The van der Waals surface area contributed by atoms with Gasteiger partial charge in [-0.25, -0.2) is 0 Å². The van der Waals surface area contributed by atoms with E-state index in [4.69, 9.17) is 14.9 Å². The van der Waals surface area contributed by atoms with Crippen LogP contribution in [0.1, 0.15) is 51.9 Å². The average Bonchev–Trinajstić information content (AvgIpc) is 2.39. The van der Waals surface area contributed by atoms with Crippen molar-refractivity contribution < 1.29 is 24.9 Å². The number of aliphatic hydroxyl groups is 3. The van der Waals surface area contributed by atoms with E-state index in [2.05, 4.69) is 6.92 Å². The van der Waals surface area contributed by atoms with Gasteiger partial charge in [0.25, 0.3) is 0 Å². The van der Waals surface area contributed by atoms with Crippen molar-refractivity contribution in [2.45, 2.75) is 64.1 Å². The first kappa shape index (κ1) is 17.4. The molecule has 5 heteroatoms. The smallest absolute Gasteiger partial charge is 0.306 e. The zero-order valence-electron chi connectivity index (χ0n) is 11.2. The number of rotatable bonds is 11. The Kier molecular flexibility index (Phi) is 11.0. The van der Waals surface area contributed by atoms with Crippen LogP contribution in [0.2, 0.25) is 0 Å². The number of carbonyl (C=O) groups is 1. The lowest BCUT2D eigenvalue weighted by atomic mass is 10.1.